The lowest BCUT2D eigenvalue weighted by Gasteiger charge is -2.21. The Labute approximate surface area is 119 Å². The second-order valence-corrected chi connectivity index (χ2v) is 5.86. The van der Waals surface area contributed by atoms with E-state index in [2.05, 4.69) is 10.5 Å². The van der Waals surface area contributed by atoms with Crippen molar-refractivity contribution in [3.63, 3.8) is 0 Å². The van der Waals surface area contributed by atoms with Gasteiger partial charge in [0.2, 0.25) is 6.10 Å². The molecule has 1 amide bonds. The highest BCUT2D eigenvalue weighted by Gasteiger charge is 2.29. The van der Waals surface area contributed by atoms with Gasteiger partial charge in [-0.15, -0.1) is 0 Å². The molecule has 1 aliphatic rings. The van der Waals surface area contributed by atoms with Crippen LogP contribution in [0.4, 0.5) is 0 Å². The summed E-state index contributed by atoms with van der Waals surface area (Å²) >= 11 is 0. The summed E-state index contributed by atoms with van der Waals surface area (Å²) in [5.74, 6) is -0.121. The van der Waals surface area contributed by atoms with Gasteiger partial charge in [0.25, 0.3) is 5.91 Å². The van der Waals surface area contributed by atoms with E-state index >= 15 is 0 Å². The van der Waals surface area contributed by atoms with Crippen LogP contribution in [0.25, 0.3) is 6.08 Å². The maximum atomic E-state index is 11.9. The van der Waals surface area contributed by atoms with Gasteiger partial charge < -0.3 is 10.2 Å². The van der Waals surface area contributed by atoms with E-state index in [-0.39, 0.29) is 11.4 Å². The lowest BCUT2D eigenvalue weighted by Crippen LogP contribution is -2.45. The average molecular weight is 272 g/mol. The zero-order chi connectivity index (χ0) is 14.6. The second kappa shape index (κ2) is 5.90. The van der Waals surface area contributed by atoms with Gasteiger partial charge in [-0.25, -0.2) is 0 Å². The summed E-state index contributed by atoms with van der Waals surface area (Å²) in [4.78, 5) is 17.1. The van der Waals surface area contributed by atoms with E-state index in [0.717, 1.165) is 11.3 Å². The minimum Gasteiger partial charge on any atom is -0.382 e. The third-order valence-corrected chi connectivity index (χ3v) is 2.75. The Morgan fingerprint density at radius 1 is 1.30 bits per heavy atom. The Morgan fingerprint density at radius 3 is 2.65 bits per heavy atom. The van der Waals surface area contributed by atoms with E-state index in [4.69, 9.17) is 4.84 Å². The van der Waals surface area contributed by atoms with Gasteiger partial charge in [0.15, 0.2) is 0 Å². The van der Waals surface area contributed by atoms with E-state index in [0.29, 0.717) is 6.42 Å². The zero-order valence-corrected chi connectivity index (χ0v) is 12.1. The predicted molar refractivity (Wildman–Crippen MR) is 80.3 cm³/mol. The van der Waals surface area contributed by atoms with E-state index < -0.39 is 6.10 Å². The van der Waals surface area contributed by atoms with Gasteiger partial charge in [0.1, 0.15) is 0 Å². The molecule has 1 N–H and O–H groups in total. The Kier molecular flexibility index (Phi) is 4.23. The van der Waals surface area contributed by atoms with Crippen molar-refractivity contribution in [3.05, 3.63) is 42.0 Å². The molecule has 1 atom stereocenters. The Bertz CT molecular complexity index is 527. The van der Waals surface area contributed by atoms with E-state index in [9.17, 15) is 4.79 Å². The largest absolute Gasteiger partial charge is 0.382 e. The molecule has 1 aromatic rings. The van der Waals surface area contributed by atoms with E-state index in [1.165, 1.54) is 0 Å². The highest BCUT2D eigenvalue weighted by atomic mass is 16.6. The van der Waals surface area contributed by atoms with Gasteiger partial charge in [-0.3, -0.25) is 4.79 Å². The van der Waals surface area contributed by atoms with Crippen LogP contribution in [0.5, 0.6) is 0 Å². The fourth-order valence-electron chi connectivity index (χ4n) is 1.84. The molecule has 20 heavy (non-hydrogen) atoms. The molecule has 106 valence electrons. The number of allylic oxidation sites excluding steroid dienone is 1. The number of oxime groups is 1. The maximum Gasteiger partial charge on any atom is 0.264 e. The number of benzene rings is 1. The number of hydrogen-bond acceptors (Lipinski definition) is 3. The fourth-order valence-corrected chi connectivity index (χ4v) is 1.84. The molecular weight excluding hydrogens is 252 g/mol. The summed E-state index contributed by atoms with van der Waals surface area (Å²) in [6.07, 6.45) is 3.83. The number of carbonyl (C=O) groups excluding carboxylic acids is 1. The maximum absolute atomic E-state index is 11.9. The molecule has 1 aliphatic heterocycles. The molecule has 1 heterocycles. The molecule has 0 aromatic heterocycles. The molecule has 1 unspecified atom stereocenters. The van der Waals surface area contributed by atoms with Crippen molar-refractivity contribution in [2.24, 2.45) is 5.16 Å². The van der Waals surface area contributed by atoms with Crippen molar-refractivity contribution in [1.29, 1.82) is 0 Å². The topological polar surface area (TPSA) is 50.7 Å². The number of hydrogen-bond donors (Lipinski definition) is 1. The van der Waals surface area contributed by atoms with Crippen LogP contribution in [-0.2, 0) is 9.63 Å². The summed E-state index contributed by atoms with van der Waals surface area (Å²) in [6, 6.07) is 9.95. The molecule has 0 aliphatic carbocycles. The number of nitrogens with zero attached hydrogens (tertiary/aromatic N) is 1. The minimum absolute atomic E-state index is 0.121. The number of amides is 1. The van der Waals surface area contributed by atoms with Crippen LogP contribution in [0.3, 0.4) is 0 Å². The lowest BCUT2D eigenvalue weighted by atomic mass is 10.1. The molecule has 0 saturated carbocycles. The molecule has 0 radical (unpaired) electrons. The molecule has 2 rings (SSSR count). The molecule has 0 spiro atoms. The quantitative estimate of drug-likeness (QED) is 0.919. The molecule has 0 saturated heterocycles. The summed E-state index contributed by atoms with van der Waals surface area (Å²) in [5, 5.41) is 6.85. The first-order valence-corrected chi connectivity index (χ1v) is 6.72. The highest BCUT2D eigenvalue weighted by molar-refractivity contribution is 6.02. The van der Waals surface area contributed by atoms with Crippen molar-refractivity contribution in [3.8, 4) is 0 Å². The Morgan fingerprint density at radius 2 is 2.00 bits per heavy atom. The Balaban J connectivity index is 1.89. The highest BCUT2D eigenvalue weighted by Crippen LogP contribution is 2.14. The first-order valence-electron chi connectivity index (χ1n) is 6.72. The zero-order valence-electron chi connectivity index (χ0n) is 12.1. The van der Waals surface area contributed by atoms with Crippen LogP contribution < -0.4 is 5.32 Å². The standard InChI is InChI=1S/C16H20N2O2/c1-16(2,3)17-15(19)14-11-13(18-20-14)10-9-12-7-5-4-6-8-12/h4-10,14H,11H2,1-3H3,(H,17,19)/b10-9+. The monoisotopic (exact) mass is 272 g/mol. The summed E-state index contributed by atoms with van der Waals surface area (Å²) in [5.41, 5.74) is 1.61. The van der Waals surface area contributed by atoms with Crippen molar-refractivity contribution >= 4 is 17.7 Å². The summed E-state index contributed by atoms with van der Waals surface area (Å²) in [7, 11) is 0. The number of carbonyl (C=O) groups is 1. The van der Waals surface area contributed by atoms with Crippen LogP contribution in [0, 0.1) is 0 Å². The van der Waals surface area contributed by atoms with E-state index in [1.807, 2.05) is 63.3 Å². The van der Waals surface area contributed by atoms with Crippen LogP contribution in [-0.4, -0.2) is 23.3 Å². The molecule has 4 heteroatoms. The van der Waals surface area contributed by atoms with Gasteiger partial charge in [0.05, 0.1) is 5.71 Å². The Hall–Kier alpha value is -2.10. The van der Waals surface area contributed by atoms with Crippen LogP contribution >= 0.6 is 0 Å². The third kappa shape index (κ3) is 4.23. The van der Waals surface area contributed by atoms with Crippen molar-refractivity contribution in [2.75, 3.05) is 0 Å². The molecule has 0 bridgehead atoms. The SMILES string of the molecule is CC(C)(C)NC(=O)C1CC(/C=C/c2ccccc2)=NO1. The average Bonchev–Trinajstić information content (AvgIpc) is 2.84. The van der Waals surface area contributed by atoms with E-state index in [1.54, 1.807) is 0 Å². The first kappa shape index (κ1) is 14.3. The molecule has 0 fully saturated rings. The van der Waals surface area contributed by atoms with Crippen LogP contribution in [0.2, 0.25) is 0 Å². The van der Waals surface area contributed by atoms with Gasteiger partial charge in [-0.1, -0.05) is 41.6 Å². The molecular formula is C16H20N2O2. The lowest BCUT2D eigenvalue weighted by molar-refractivity contribution is -0.132. The second-order valence-electron chi connectivity index (χ2n) is 5.86. The predicted octanol–water partition coefficient (Wildman–Crippen LogP) is 2.76. The van der Waals surface area contributed by atoms with Crippen molar-refractivity contribution in [2.45, 2.75) is 38.8 Å². The van der Waals surface area contributed by atoms with Gasteiger partial charge in [-0.2, -0.15) is 0 Å². The molecule has 1 aromatic carbocycles. The van der Waals surface area contributed by atoms with Gasteiger partial charge in [0, 0.05) is 12.0 Å². The summed E-state index contributed by atoms with van der Waals surface area (Å²) < 4.78 is 0. The summed E-state index contributed by atoms with van der Waals surface area (Å²) in [6.45, 7) is 5.82. The number of rotatable bonds is 3. The fraction of sp³-hybridized carbons (Fsp3) is 0.375. The normalized spacial score (nSPS) is 18.8. The first-order chi connectivity index (χ1) is 9.44. The van der Waals surface area contributed by atoms with Crippen molar-refractivity contribution < 1.29 is 9.63 Å². The van der Waals surface area contributed by atoms with Gasteiger partial charge >= 0.3 is 0 Å². The van der Waals surface area contributed by atoms with Gasteiger partial charge in [-0.05, 0) is 32.4 Å². The third-order valence-electron chi connectivity index (χ3n) is 2.75. The smallest absolute Gasteiger partial charge is 0.264 e. The van der Waals surface area contributed by atoms with Crippen LogP contribution in [0.15, 0.2) is 41.6 Å². The minimum atomic E-state index is -0.523. The number of nitrogens with one attached hydrogen (secondary N) is 1. The van der Waals surface area contributed by atoms with Crippen molar-refractivity contribution in [1.82, 2.24) is 5.32 Å². The molecule has 4 nitrogen and oxygen atoms in total. The van der Waals surface area contributed by atoms with Crippen LogP contribution in [0.1, 0.15) is 32.8 Å².